The van der Waals surface area contributed by atoms with Gasteiger partial charge in [0.15, 0.2) is 11.6 Å². The number of pyridine rings is 1. The Morgan fingerprint density at radius 3 is 1.88 bits per heavy atom. The molecule has 0 saturated carbocycles. The molecule has 3 aromatic carbocycles. The maximum atomic E-state index is 4.62. The molecular weight excluding hydrogens is 404 g/mol. The van der Waals surface area contributed by atoms with Crippen molar-refractivity contribution in [1.29, 1.82) is 0 Å². The van der Waals surface area contributed by atoms with Gasteiger partial charge in [0, 0.05) is 29.2 Å². The van der Waals surface area contributed by atoms with E-state index in [9.17, 15) is 0 Å². The molecule has 4 nitrogen and oxygen atoms in total. The fraction of sp³-hybridized carbons (Fsp3) is 0.138. The highest BCUT2D eigenvalue weighted by Gasteiger charge is 2.17. The zero-order valence-electron chi connectivity index (χ0n) is 18.9. The number of nitrogens with zero attached hydrogens (tertiary/aromatic N) is 4. The summed E-state index contributed by atoms with van der Waals surface area (Å²) < 4.78 is 2.14. The zero-order valence-corrected chi connectivity index (χ0v) is 18.9. The lowest BCUT2D eigenvalue weighted by atomic mass is 9.97. The molecule has 0 spiro atoms. The Morgan fingerprint density at radius 2 is 1.27 bits per heavy atom. The molecule has 0 aliphatic carbocycles. The van der Waals surface area contributed by atoms with Crippen LogP contribution in [0.1, 0.15) is 31.7 Å². The molecule has 2 heterocycles. The van der Waals surface area contributed by atoms with Crippen LogP contribution in [0.3, 0.4) is 0 Å². The molecule has 0 N–H and O–H groups in total. The third-order valence-corrected chi connectivity index (χ3v) is 6.17. The second-order valence-corrected chi connectivity index (χ2v) is 8.27. The Kier molecular flexibility index (Phi) is 5.81. The quantitative estimate of drug-likeness (QED) is 0.287. The van der Waals surface area contributed by atoms with Crippen LogP contribution in [0.5, 0.6) is 0 Å². The first kappa shape index (κ1) is 20.8. The highest BCUT2D eigenvalue weighted by molar-refractivity contribution is 5.69. The van der Waals surface area contributed by atoms with Gasteiger partial charge in [0.2, 0.25) is 0 Å². The standard InChI is InChI=1S/C29H26N4/c1-3-21(2)22-11-13-25(14-12-22)29-32-31-28(24-8-5-4-6-9-24)33(29)27-17-15-23(16-18-27)26-10-7-19-30-20-26/h4-21H,3H2,1-2H3. The van der Waals surface area contributed by atoms with Crippen molar-refractivity contribution in [2.75, 3.05) is 0 Å². The first-order valence-corrected chi connectivity index (χ1v) is 11.4. The predicted molar refractivity (Wildman–Crippen MR) is 134 cm³/mol. The molecule has 0 aliphatic rings. The first-order chi connectivity index (χ1) is 16.2. The van der Waals surface area contributed by atoms with Gasteiger partial charge in [-0.1, -0.05) is 86.6 Å². The number of hydrogen-bond donors (Lipinski definition) is 0. The molecule has 0 fully saturated rings. The van der Waals surface area contributed by atoms with Gasteiger partial charge in [-0.25, -0.2) is 0 Å². The maximum absolute atomic E-state index is 4.62. The molecule has 5 aromatic rings. The van der Waals surface area contributed by atoms with Crippen LogP contribution in [0.25, 0.3) is 39.6 Å². The summed E-state index contributed by atoms with van der Waals surface area (Å²) >= 11 is 0. The van der Waals surface area contributed by atoms with E-state index in [0.717, 1.165) is 46.0 Å². The summed E-state index contributed by atoms with van der Waals surface area (Å²) in [6.07, 6.45) is 4.80. The molecular formula is C29H26N4. The SMILES string of the molecule is CCC(C)c1ccc(-c2nnc(-c3ccccc3)n2-c2ccc(-c3cccnc3)cc2)cc1. The van der Waals surface area contributed by atoms with Gasteiger partial charge in [0.25, 0.3) is 0 Å². The Morgan fingerprint density at radius 1 is 0.667 bits per heavy atom. The van der Waals surface area contributed by atoms with Crippen LogP contribution in [0, 0.1) is 0 Å². The van der Waals surface area contributed by atoms with Gasteiger partial charge in [-0.3, -0.25) is 9.55 Å². The van der Waals surface area contributed by atoms with E-state index in [1.54, 1.807) is 6.20 Å². The van der Waals surface area contributed by atoms with E-state index in [0.29, 0.717) is 5.92 Å². The van der Waals surface area contributed by atoms with Gasteiger partial charge >= 0.3 is 0 Å². The molecule has 1 atom stereocenters. The van der Waals surface area contributed by atoms with Crippen LogP contribution in [0.4, 0.5) is 0 Å². The lowest BCUT2D eigenvalue weighted by Gasteiger charge is -2.13. The fourth-order valence-corrected chi connectivity index (χ4v) is 4.02. The average molecular weight is 431 g/mol. The number of hydrogen-bond acceptors (Lipinski definition) is 3. The van der Waals surface area contributed by atoms with Crippen molar-refractivity contribution in [3.05, 3.63) is 109 Å². The van der Waals surface area contributed by atoms with Gasteiger partial charge in [-0.15, -0.1) is 10.2 Å². The Hall–Kier alpha value is -4.05. The Balaban J connectivity index is 1.61. The van der Waals surface area contributed by atoms with E-state index in [2.05, 4.69) is 100 Å². The second-order valence-electron chi connectivity index (χ2n) is 8.27. The van der Waals surface area contributed by atoms with Crippen molar-refractivity contribution in [1.82, 2.24) is 19.7 Å². The summed E-state index contributed by atoms with van der Waals surface area (Å²) in [6.45, 7) is 4.48. The van der Waals surface area contributed by atoms with Crippen LogP contribution in [-0.2, 0) is 0 Å². The normalized spacial score (nSPS) is 11.9. The average Bonchev–Trinajstić information content (AvgIpc) is 3.35. The fourth-order valence-electron chi connectivity index (χ4n) is 4.02. The van der Waals surface area contributed by atoms with E-state index < -0.39 is 0 Å². The summed E-state index contributed by atoms with van der Waals surface area (Å²) in [7, 11) is 0. The van der Waals surface area contributed by atoms with Crippen molar-refractivity contribution >= 4 is 0 Å². The van der Waals surface area contributed by atoms with Crippen molar-refractivity contribution < 1.29 is 0 Å². The molecule has 0 saturated heterocycles. The van der Waals surface area contributed by atoms with E-state index in [1.807, 2.05) is 30.5 Å². The van der Waals surface area contributed by atoms with Crippen molar-refractivity contribution in [2.45, 2.75) is 26.2 Å². The molecule has 2 aromatic heterocycles. The van der Waals surface area contributed by atoms with E-state index >= 15 is 0 Å². The van der Waals surface area contributed by atoms with Crippen molar-refractivity contribution in [2.24, 2.45) is 0 Å². The molecule has 33 heavy (non-hydrogen) atoms. The number of rotatable bonds is 6. The van der Waals surface area contributed by atoms with Crippen LogP contribution in [0.2, 0.25) is 0 Å². The monoisotopic (exact) mass is 430 g/mol. The first-order valence-electron chi connectivity index (χ1n) is 11.4. The van der Waals surface area contributed by atoms with Gasteiger partial charge < -0.3 is 0 Å². The largest absolute Gasteiger partial charge is 0.275 e. The van der Waals surface area contributed by atoms with Crippen LogP contribution >= 0.6 is 0 Å². The van der Waals surface area contributed by atoms with Crippen molar-refractivity contribution in [3.8, 4) is 39.6 Å². The smallest absolute Gasteiger partial charge is 0.168 e. The Labute approximate surface area is 194 Å². The van der Waals surface area contributed by atoms with Gasteiger partial charge in [-0.05, 0) is 47.2 Å². The zero-order chi connectivity index (χ0) is 22.6. The molecule has 162 valence electrons. The second kappa shape index (κ2) is 9.21. The summed E-state index contributed by atoms with van der Waals surface area (Å²) in [6, 6.07) is 31.4. The van der Waals surface area contributed by atoms with Crippen LogP contribution in [0.15, 0.2) is 103 Å². The molecule has 5 rings (SSSR count). The minimum absolute atomic E-state index is 0.539. The summed E-state index contributed by atoms with van der Waals surface area (Å²) in [4.78, 5) is 4.24. The van der Waals surface area contributed by atoms with Gasteiger partial charge in [-0.2, -0.15) is 0 Å². The minimum Gasteiger partial charge on any atom is -0.275 e. The van der Waals surface area contributed by atoms with E-state index in [-0.39, 0.29) is 0 Å². The van der Waals surface area contributed by atoms with Crippen LogP contribution < -0.4 is 0 Å². The third-order valence-electron chi connectivity index (χ3n) is 6.17. The van der Waals surface area contributed by atoms with Crippen LogP contribution in [-0.4, -0.2) is 19.7 Å². The highest BCUT2D eigenvalue weighted by Crippen LogP contribution is 2.31. The third kappa shape index (κ3) is 4.20. The van der Waals surface area contributed by atoms with E-state index in [1.165, 1.54) is 5.56 Å². The molecule has 0 radical (unpaired) electrons. The minimum atomic E-state index is 0.539. The number of benzene rings is 3. The van der Waals surface area contributed by atoms with Crippen molar-refractivity contribution in [3.63, 3.8) is 0 Å². The molecule has 0 amide bonds. The van der Waals surface area contributed by atoms with Gasteiger partial charge in [0.1, 0.15) is 0 Å². The Bertz CT molecular complexity index is 1320. The van der Waals surface area contributed by atoms with Gasteiger partial charge in [0.05, 0.1) is 0 Å². The molecule has 0 aliphatic heterocycles. The molecule has 1 unspecified atom stereocenters. The topological polar surface area (TPSA) is 43.6 Å². The predicted octanol–water partition coefficient (Wildman–Crippen LogP) is 7.18. The van der Waals surface area contributed by atoms with E-state index in [4.69, 9.17) is 0 Å². The summed E-state index contributed by atoms with van der Waals surface area (Å²) in [5, 5.41) is 9.21. The molecule has 4 heteroatoms. The maximum Gasteiger partial charge on any atom is 0.168 e. The number of aromatic nitrogens is 4. The molecule has 0 bridgehead atoms. The summed E-state index contributed by atoms with van der Waals surface area (Å²) in [5.74, 6) is 2.20. The summed E-state index contributed by atoms with van der Waals surface area (Å²) in [5.41, 5.74) is 6.67. The highest BCUT2D eigenvalue weighted by atomic mass is 15.3. The lowest BCUT2D eigenvalue weighted by molar-refractivity contribution is 0.734. The lowest BCUT2D eigenvalue weighted by Crippen LogP contribution is -2.01.